The van der Waals surface area contributed by atoms with Crippen molar-refractivity contribution >= 4 is 5.69 Å². The molecule has 0 fully saturated rings. The van der Waals surface area contributed by atoms with Crippen LogP contribution in [-0.2, 0) is 0 Å². The predicted octanol–water partition coefficient (Wildman–Crippen LogP) is 0.250. The molecular weight excluding hydrogens is 764 g/mol. The number of ether oxygens (including phenoxy) is 1. The number of anilines is 1. The van der Waals surface area contributed by atoms with Crippen molar-refractivity contribution < 1.29 is 84.7 Å². The van der Waals surface area contributed by atoms with E-state index in [0.29, 0.717) is 18.9 Å². The van der Waals surface area contributed by atoms with Gasteiger partial charge in [0, 0.05) is 64.6 Å². The minimum Gasteiger partial charge on any atom is -0.488 e. The molecule has 1 rings (SSSR count). The van der Waals surface area contributed by atoms with Gasteiger partial charge < -0.3 is 25.4 Å². The van der Waals surface area contributed by atoms with E-state index < -0.39 is 22.5 Å². The maximum Gasteiger partial charge on any atom is 0.272 e. The van der Waals surface area contributed by atoms with Crippen molar-refractivity contribution in [2.75, 3.05) is 25.1 Å². The first-order valence-corrected chi connectivity index (χ1v) is 7.73. The molecule has 0 saturated carbocycles. The minimum atomic E-state index is -0.645. The number of rotatable bonds is 8. The van der Waals surface area contributed by atoms with Crippen LogP contribution in [0, 0.1) is 70.5 Å². The smallest absolute Gasteiger partial charge is 0.272 e. The second-order valence-corrected chi connectivity index (χ2v) is 6.43. The minimum absolute atomic E-state index is 0. The van der Waals surface area contributed by atoms with Gasteiger partial charge in [-0.1, -0.05) is 13.8 Å². The zero-order valence-electron chi connectivity index (χ0n) is 15.7. The maximum atomic E-state index is 11.2. The Labute approximate surface area is 198 Å². The molecule has 0 bridgehead atoms. The van der Waals surface area contributed by atoms with Crippen LogP contribution in [-0.4, -0.2) is 46.8 Å². The van der Waals surface area contributed by atoms with Crippen molar-refractivity contribution in [3.05, 3.63) is 20.4 Å². The first-order chi connectivity index (χ1) is 10.6. The average molecular weight is 793 g/mol. The summed E-state index contributed by atoms with van der Waals surface area (Å²) in [4.78, 5) is 22.3. The molecule has 0 aliphatic rings. The summed E-state index contributed by atoms with van der Waals surface area (Å²) >= 11 is 0. The second kappa shape index (κ2) is 14.8. The van der Waals surface area contributed by atoms with Gasteiger partial charge in [-0.2, -0.15) is 0 Å². The van der Waals surface area contributed by atoms with Crippen molar-refractivity contribution in [3.63, 3.8) is 0 Å². The van der Waals surface area contributed by atoms with Gasteiger partial charge in [-0.15, -0.1) is 0 Å². The van der Waals surface area contributed by atoms with Crippen LogP contribution in [0.3, 0.4) is 0 Å². The summed E-state index contributed by atoms with van der Waals surface area (Å²) in [5.41, 5.74) is -1.66. The Hall–Kier alpha value is 0.742. The van der Waals surface area contributed by atoms with E-state index in [1.807, 2.05) is 13.8 Å². The molecule has 0 heterocycles. The quantitative estimate of drug-likeness (QED) is 0.280. The summed E-state index contributed by atoms with van der Waals surface area (Å²) in [5, 5.41) is 28.9. The summed E-state index contributed by atoms with van der Waals surface area (Å²) in [6.45, 7) is 9.28. The van der Waals surface area contributed by atoms with Crippen LogP contribution in [0.1, 0.15) is 41.0 Å². The van der Waals surface area contributed by atoms with Gasteiger partial charge >= 0.3 is 0 Å². The van der Waals surface area contributed by atoms with Crippen molar-refractivity contribution in [1.82, 2.24) is 0 Å². The monoisotopic (exact) mass is 793 g/mol. The fraction of sp³-hybridized carbons (Fsp3) is 0.750. The third-order valence-electron chi connectivity index (χ3n) is 2.97. The SMILES string of the molecule is CC(C)C[C@H](O)CO.CCOc1c(NC(C)(C)CO)c(=O)c1=O.[Pa].[Pa]. The molecule has 0 aliphatic heterocycles. The molecule has 2 radical (unpaired) electrons. The summed E-state index contributed by atoms with van der Waals surface area (Å²) < 4.78 is 5.03. The second-order valence-electron chi connectivity index (χ2n) is 6.43. The van der Waals surface area contributed by atoms with Gasteiger partial charge in [-0.3, -0.25) is 9.59 Å². The molecule has 1 aromatic rings. The van der Waals surface area contributed by atoms with Crippen LogP contribution in [0.4, 0.5) is 5.69 Å². The maximum absolute atomic E-state index is 11.2. The molecule has 0 saturated heterocycles. The summed E-state index contributed by atoms with van der Waals surface area (Å²) in [7, 11) is 0. The van der Waals surface area contributed by atoms with Crippen LogP contribution >= 0.6 is 0 Å². The number of aliphatic hydroxyl groups is 3. The van der Waals surface area contributed by atoms with E-state index >= 15 is 0 Å². The first-order valence-electron chi connectivity index (χ1n) is 7.73. The zero-order chi connectivity index (χ0) is 18.2. The number of nitrogens with one attached hydrogen (secondary N) is 1. The molecule has 0 aliphatic carbocycles. The van der Waals surface area contributed by atoms with Gasteiger partial charge in [-0.05, 0) is 33.1 Å². The number of hydrogen-bond donors (Lipinski definition) is 4. The van der Waals surface area contributed by atoms with Crippen LogP contribution in [0.2, 0.25) is 0 Å². The van der Waals surface area contributed by atoms with E-state index in [1.165, 1.54) is 0 Å². The molecule has 4 N–H and O–H groups in total. The molecule has 0 unspecified atom stereocenters. The zero-order valence-corrected chi connectivity index (χ0v) is 25.3. The average Bonchev–Trinajstić information content (AvgIpc) is 2.50. The third-order valence-corrected chi connectivity index (χ3v) is 2.97. The third kappa shape index (κ3) is 11.2. The molecule has 0 spiro atoms. The van der Waals surface area contributed by atoms with Crippen LogP contribution < -0.4 is 20.9 Å². The summed E-state index contributed by atoms with van der Waals surface area (Å²) in [6, 6.07) is 0. The molecular formula is C16H29NO6Pa2. The first kappa shape index (κ1) is 30.5. The molecule has 140 valence electrons. The Kier molecular flexibility index (Phi) is 18.0. The van der Waals surface area contributed by atoms with E-state index in [9.17, 15) is 9.59 Å². The van der Waals surface area contributed by atoms with Gasteiger partial charge in [0.1, 0.15) is 5.69 Å². The van der Waals surface area contributed by atoms with E-state index in [2.05, 4.69) is 5.32 Å². The van der Waals surface area contributed by atoms with Crippen LogP contribution in [0.15, 0.2) is 9.59 Å². The molecule has 25 heavy (non-hydrogen) atoms. The van der Waals surface area contributed by atoms with Crippen molar-refractivity contribution in [2.45, 2.75) is 52.7 Å². The van der Waals surface area contributed by atoms with Crippen LogP contribution in [0.5, 0.6) is 5.75 Å². The molecule has 1 atom stereocenters. The van der Waals surface area contributed by atoms with Crippen molar-refractivity contribution in [2.24, 2.45) is 5.92 Å². The number of hydrogen-bond acceptors (Lipinski definition) is 7. The standard InChI is InChI=1S/C10H15NO4.C6H14O2.2Pa/c1-4-15-9-6(7(13)8(9)14)11-10(2,3)5-12;1-5(2)3-6(8)4-7;;/h11-12H,4-5H2,1-3H3;5-8H,3-4H2,1-2H3;;/t;6-;;/m.0../s1. The van der Waals surface area contributed by atoms with Crippen molar-refractivity contribution in [3.8, 4) is 5.75 Å². The topological polar surface area (TPSA) is 116 Å². The van der Waals surface area contributed by atoms with E-state index in [-0.39, 0.29) is 89.3 Å². The molecule has 9 heteroatoms. The Bertz CT molecular complexity index is 541. The van der Waals surface area contributed by atoms with Gasteiger partial charge in [-0.25, -0.2) is 0 Å². The fourth-order valence-electron chi connectivity index (χ4n) is 1.76. The van der Waals surface area contributed by atoms with Gasteiger partial charge in [0.15, 0.2) is 5.75 Å². The van der Waals surface area contributed by atoms with Crippen molar-refractivity contribution in [1.29, 1.82) is 0 Å². The fourth-order valence-corrected chi connectivity index (χ4v) is 1.76. The molecule has 7 nitrogen and oxygen atoms in total. The normalized spacial score (nSPS) is 11.7. The van der Waals surface area contributed by atoms with Gasteiger partial charge in [0.2, 0.25) is 0 Å². The van der Waals surface area contributed by atoms with Gasteiger partial charge in [0.25, 0.3) is 10.9 Å². The summed E-state index contributed by atoms with van der Waals surface area (Å²) in [6.07, 6.45) is 0.172. The van der Waals surface area contributed by atoms with Gasteiger partial charge in [0.05, 0.1) is 31.5 Å². The number of aliphatic hydroxyl groups excluding tert-OH is 3. The Morgan fingerprint density at radius 2 is 1.64 bits per heavy atom. The van der Waals surface area contributed by atoms with Crippen LogP contribution in [0.25, 0.3) is 0 Å². The Morgan fingerprint density at radius 1 is 1.12 bits per heavy atom. The Morgan fingerprint density at radius 3 is 1.96 bits per heavy atom. The molecule has 1 aromatic carbocycles. The van der Waals surface area contributed by atoms with E-state index in [0.717, 1.165) is 0 Å². The predicted molar refractivity (Wildman–Crippen MR) is 89.9 cm³/mol. The summed E-state index contributed by atoms with van der Waals surface area (Å²) in [5.74, 6) is 0.543. The molecule has 0 aromatic heterocycles. The largest absolute Gasteiger partial charge is 0.488 e. The molecule has 0 amide bonds. The Balaban J connectivity index is -0.000000421. The van der Waals surface area contributed by atoms with E-state index in [1.54, 1.807) is 20.8 Å². The van der Waals surface area contributed by atoms with E-state index in [4.69, 9.17) is 20.1 Å².